The summed E-state index contributed by atoms with van der Waals surface area (Å²) >= 11 is 0. The van der Waals surface area contributed by atoms with E-state index in [1.807, 2.05) is 6.07 Å². The standard InChI is InChI=1S/C16H26O2/c1-3-14(2)15-10-6-7-11-16(15)18-13-9-5-4-8-12-17/h6-7,10-11,14,17H,3-5,8-9,12-13H2,1-2H3. The van der Waals surface area contributed by atoms with Gasteiger partial charge in [0.15, 0.2) is 0 Å². The minimum Gasteiger partial charge on any atom is -0.493 e. The van der Waals surface area contributed by atoms with E-state index in [4.69, 9.17) is 9.84 Å². The van der Waals surface area contributed by atoms with E-state index in [1.54, 1.807) is 0 Å². The second-order valence-electron chi connectivity index (χ2n) is 4.83. The first kappa shape index (κ1) is 15.0. The summed E-state index contributed by atoms with van der Waals surface area (Å²) in [6.45, 7) is 5.52. The Morgan fingerprint density at radius 2 is 1.83 bits per heavy atom. The van der Waals surface area contributed by atoms with E-state index in [-0.39, 0.29) is 0 Å². The van der Waals surface area contributed by atoms with Crippen LogP contribution in [0.15, 0.2) is 24.3 Å². The van der Waals surface area contributed by atoms with Crippen LogP contribution in [-0.2, 0) is 0 Å². The van der Waals surface area contributed by atoms with Gasteiger partial charge >= 0.3 is 0 Å². The quantitative estimate of drug-likeness (QED) is 0.668. The smallest absolute Gasteiger partial charge is 0.122 e. The van der Waals surface area contributed by atoms with Crippen LogP contribution in [0.25, 0.3) is 0 Å². The van der Waals surface area contributed by atoms with Gasteiger partial charge in [-0.25, -0.2) is 0 Å². The SMILES string of the molecule is CCC(C)c1ccccc1OCCCCCCO. The molecule has 0 aliphatic rings. The van der Waals surface area contributed by atoms with Gasteiger partial charge in [0.25, 0.3) is 0 Å². The molecule has 1 aromatic rings. The third kappa shape index (κ3) is 5.09. The lowest BCUT2D eigenvalue weighted by molar-refractivity contribution is 0.272. The van der Waals surface area contributed by atoms with Crippen molar-refractivity contribution in [3.8, 4) is 5.75 Å². The van der Waals surface area contributed by atoms with Gasteiger partial charge in [0.05, 0.1) is 6.61 Å². The molecule has 0 aliphatic heterocycles. The van der Waals surface area contributed by atoms with Crippen molar-refractivity contribution in [1.82, 2.24) is 0 Å². The Kier molecular flexibility index (Phi) is 7.51. The van der Waals surface area contributed by atoms with Gasteiger partial charge < -0.3 is 9.84 Å². The summed E-state index contributed by atoms with van der Waals surface area (Å²) in [7, 11) is 0. The Morgan fingerprint density at radius 3 is 2.56 bits per heavy atom. The molecule has 0 saturated carbocycles. The highest BCUT2D eigenvalue weighted by atomic mass is 16.5. The maximum absolute atomic E-state index is 8.69. The summed E-state index contributed by atoms with van der Waals surface area (Å²) in [6.07, 6.45) is 5.33. The van der Waals surface area contributed by atoms with Crippen LogP contribution in [-0.4, -0.2) is 18.3 Å². The predicted octanol–water partition coefficient (Wildman–Crippen LogP) is 4.13. The molecule has 0 amide bonds. The molecule has 0 spiro atoms. The molecule has 0 radical (unpaired) electrons. The summed E-state index contributed by atoms with van der Waals surface area (Å²) in [5.74, 6) is 1.59. The van der Waals surface area contributed by atoms with Crippen LogP contribution in [0, 0.1) is 0 Å². The van der Waals surface area contributed by atoms with Crippen LogP contribution in [0.1, 0.15) is 57.4 Å². The van der Waals surface area contributed by atoms with Crippen molar-refractivity contribution < 1.29 is 9.84 Å². The Morgan fingerprint density at radius 1 is 1.11 bits per heavy atom. The predicted molar refractivity (Wildman–Crippen MR) is 76.2 cm³/mol. The number of para-hydroxylation sites is 1. The molecular weight excluding hydrogens is 224 g/mol. The highest BCUT2D eigenvalue weighted by Crippen LogP contribution is 2.28. The number of unbranched alkanes of at least 4 members (excludes halogenated alkanes) is 3. The monoisotopic (exact) mass is 250 g/mol. The van der Waals surface area contributed by atoms with Crippen LogP contribution >= 0.6 is 0 Å². The lowest BCUT2D eigenvalue weighted by atomic mass is 9.98. The normalized spacial score (nSPS) is 12.4. The van der Waals surface area contributed by atoms with E-state index >= 15 is 0 Å². The highest BCUT2D eigenvalue weighted by Gasteiger charge is 2.08. The molecule has 0 heterocycles. The molecular formula is C16H26O2. The summed E-state index contributed by atoms with van der Waals surface area (Å²) in [6, 6.07) is 8.34. The molecule has 1 atom stereocenters. The second-order valence-corrected chi connectivity index (χ2v) is 4.83. The third-order valence-corrected chi connectivity index (χ3v) is 3.37. The molecule has 0 fully saturated rings. The number of ether oxygens (including phenoxy) is 1. The Bertz CT molecular complexity index is 323. The van der Waals surface area contributed by atoms with Gasteiger partial charge in [0.2, 0.25) is 0 Å². The zero-order valence-electron chi connectivity index (χ0n) is 11.7. The minimum absolute atomic E-state index is 0.303. The number of benzene rings is 1. The molecule has 1 unspecified atom stereocenters. The van der Waals surface area contributed by atoms with Gasteiger partial charge in [-0.15, -0.1) is 0 Å². The highest BCUT2D eigenvalue weighted by molar-refractivity contribution is 5.35. The van der Waals surface area contributed by atoms with Gasteiger partial charge in [-0.3, -0.25) is 0 Å². The molecule has 2 nitrogen and oxygen atoms in total. The van der Waals surface area contributed by atoms with Gasteiger partial charge in [0.1, 0.15) is 5.75 Å². The zero-order chi connectivity index (χ0) is 13.2. The van der Waals surface area contributed by atoms with Crippen molar-refractivity contribution in [3.63, 3.8) is 0 Å². The first-order valence-corrected chi connectivity index (χ1v) is 7.12. The molecule has 102 valence electrons. The first-order valence-electron chi connectivity index (χ1n) is 7.12. The fraction of sp³-hybridized carbons (Fsp3) is 0.625. The fourth-order valence-corrected chi connectivity index (χ4v) is 1.99. The third-order valence-electron chi connectivity index (χ3n) is 3.37. The van der Waals surface area contributed by atoms with Crippen LogP contribution in [0.5, 0.6) is 5.75 Å². The number of rotatable bonds is 9. The maximum atomic E-state index is 8.69. The molecule has 0 bridgehead atoms. The summed E-state index contributed by atoms with van der Waals surface area (Å²) < 4.78 is 5.88. The van der Waals surface area contributed by atoms with Crippen LogP contribution in [0.3, 0.4) is 0 Å². The Hall–Kier alpha value is -1.02. The molecule has 1 aromatic carbocycles. The van der Waals surface area contributed by atoms with E-state index in [0.717, 1.165) is 44.5 Å². The van der Waals surface area contributed by atoms with Crippen molar-refractivity contribution in [3.05, 3.63) is 29.8 Å². The van der Waals surface area contributed by atoms with E-state index in [2.05, 4.69) is 32.0 Å². The van der Waals surface area contributed by atoms with Crippen LogP contribution < -0.4 is 4.74 Å². The van der Waals surface area contributed by atoms with Crippen LogP contribution in [0.4, 0.5) is 0 Å². The fourth-order valence-electron chi connectivity index (χ4n) is 1.99. The summed E-state index contributed by atoms with van der Waals surface area (Å²) in [5, 5.41) is 8.69. The number of hydrogen-bond acceptors (Lipinski definition) is 2. The minimum atomic E-state index is 0.303. The topological polar surface area (TPSA) is 29.5 Å². The number of hydrogen-bond donors (Lipinski definition) is 1. The molecule has 1 rings (SSSR count). The van der Waals surface area contributed by atoms with Crippen molar-refractivity contribution in [1.29, 1.82) is 0 Å². The van der Waals surface area contributed by atoms with Crippen molar-refractivity contribution in [2.24, 2.45) is 0 Å². The summed E-state index contributed by atoms with van der Waals surface area (Å²) in [4.78, 5) is 0. The zero-order valence-corrected chi connectivity index (χ0v) is 11.7. The van der Waals surface area contributed by atoms with E-state index in [1.165, 1.54) is 5.56 Å². The molecule has 2 heteroatoms. The van der Waals surface area contributed by atoms with Crippen LogP contribution in [0.2, 0.25) is 0 Å². The lowest BCUT2D eigenvalue weighted by Gasteiger charge is -2.15. The van der Waals surface area contributed by atoms with Crippen molar-refractivity contribution in [2.75, 3.05) is 13.2 Å². The molecule has 1 N–H and O–H groups in total. The largest absolute Gasteiger partial charge is 0.493 e. The number of aliphatic hydroxyl groups is 1. The average molecular weight is 250 g/mol. The maximum Gasteiger partial charge on any atom is 0.122 e. The lowest BCUT2D eigenvalue weighted by Crippen LogP contribution is -2.02. The van der Waals surface area contributed by atoms with Gasteiger partial charge in [0, 0.05) is 6.61 Å². The van der Waals surface area contributed by atoms with E-state index in [0.29, 0.717) is 12.5 Å². The Labute approximate surface area is 111 Å². The molecule has 0 aromatic heterocycles. The molecule has 0 saturated heterocycles. The Balaban J connectivity index is 2.37. The van der Waals surface area contributed by atoms with Gasteiger partial charge in [-0.05, 0) is 43.2 Å². The first-order chi connectivity index (χ1) is 8.79. The van der Waals surface area contributed by atoms with Gasteiger partial charge in [-0.1, -0.05) is 38.5 Å². The second kappa shape index (κ2) is 8.98. The number of aliphatic hydroxyl groups excluding tert-OH is 1. The van der Waals surface area contributed by atoms with Crippen molar-refractivity contribution >= 4 is 0 Å². The van der Waals surface area contributed by atoms with Crippen molar-refractivity contribution in [2.45, 2.75) is 51.9 Å². The average Bonchev–Trinajstić information content (AvgIpc) is 2.42. The molecule has 18 heavy (non-hydrogen) atoms. The van der Waals surface area contributed by atoms with E-state index < -0.39 is 0 Å². The molecule has 0 aliphatic carbocycles. The van der Waals surface area contributed by atoms with Gasteiger partial charge in [-0.2, -0.15) is 0 Å². The summed E-state index contributed by atoms with van der Waals surface area (Å²) in [5.41, 5.74) is 1.32. The van der Waals surface area contributed by atoms with E-state index in [9.17, 15) is 0 Å².